The summed E-state index contributed by atoms with van der Waals surface area (Å²) in [7, 11) is -0.503. The van der Waals surface area contributed by atoms with Crippen molar-refractivity contribution in [2.45, 2.75) is 18.7 Å². The van der Waals surface area contributed by atoms with E-state index in [0.29, 0.717) is 22.9 Å². The minimum atomic E-state index is -3.77. The quantitative estimate of drug-likeness (QED) is 0.772. The van der Waals surface area contributed by atoms with Gasteiger partial charge in [-0.2, -0.15) is 5.10 Å². The van der Waals surface area contributed by atoms with E-state index in [0.717, 1.165) is 11.1 Å². The Morgan fingerprint density at radius 1 is 1.21 bits per heavy atom. The van der Waals surface area contributed by atoms with Gasteiger partial charge in [-0.3, -0.25) is 9.40 Å². The summed E-state index contributed by atoms with van der Waals surface area (Å²) in [5.41, 5.74) is 2.47. The third-order valence-electron chi connectivity index (χ3n) is 3.66. The average molecular weight is 347 g/mol. The Labute approximate surface area is 139 Å². The van der Waals surface area contributed by atoms with E-state index in [1.54, 1.807) is 24.7 Å². The lowest BCUT2D eigenvalue weighted by molar-refractivity contribution is 0.397. The van der Waals surface area contributed by atoms with Gasteiger partial charge in [0.05, 0.1) is 30.4 Å². The second-order valence-electron chi connectivity index (χ2n) is 5.34. The van der Waals surface area contributed by atoms with Gasteiger partial charge in [0.25, 0.3) is 10.0 Å². The summed E-state index contributed by atoms with van der Waals surface area (Å²) in [4.78, 5) is 8.41. The fraction of sp³-hybridized carbons (Fsp3) is 0.267. The van der Waals surface area contributed by atoms with Crippen LogP contribution in [0.3, 0.4) is 0 Å². The van der Waals surface area contributed by atoms with Crippen LogP contribution in [0.5, 0.6) is 5.88 Å². The number of hydrogen-bond donors (Lipinski definition) is 1. The minimum absolute atomic E-state index is 0.0469. The highest BCUT2D eigenvalue weighted by Gasteiger charge is 2.18. The van der Waals surface area contributed by atoms with Crippen molar-refractivity contribution in [3.05, 3.63) is 35.8 Å². The molecule has 0 saturated heterocycles. The second-order valence-corrected chi connectivity index (χ2v) is 7.03. The van der Waals surface area contributed by atoms with Crippen LogP contribution in [0.15, 0.2) is 29.3 Å². The highest BCUT2D eigenvalue weighted by Crippen LogP contribution is 2.25. The van der Waals surface area contributed by atoms with Crippen LogP contribution in [0.1, 0.15) is 11.4 Å². The Kier molecular flexibility index (Phi) is 3.88. The molecule has 3 aromatic rings. The van der Waals surface area contributed by atoms with E-state index < -0.39 is 10.0 Å². The molecule has 0 aliphatic carbocycles. The molecule has 0 aromatic carbocycles. The number of hydrogen-bond acceptors (Lipinski definition) is 6. The van der Waals surface area contributed by atoms with Crippen LogP contribution >= 0.6 is 0 Å². The monoisotopic (exact) mass is 347 g/mol. The molecule has 0 amide bonds. The standard InChI is InChI=1S/C15H17N5O3S/c1-9-12-7-13(10(2)17-15(12)20(3)18-9)19-24(21,22)11-5-6-14(23-4)16-8-11/h5-8,19H,1-4H3. The molecule has 8 nitrogen and oxygen atoms in total. The van der Waals surface area contributed by atoms with Gasteiger partial charge >= 0.3 is 0 Å². The van der Waals surface area contributed by atoms with Crippen molar-refractivity contribution < 1.29 is 13.2 Å². The molecule has 24 heavy (non-hydrogen) atoms. The van der Waals surface area contributed by atoms with Gasteiger partial charge < -0.3 is 4.74 Å². The molecular formula is C15H17N5O3S. The van der Waals surface area contributed by atoms with Gasteiger partial charge in [-0.25, -0.2) is 18.4 Å². The molecule has 3 heterocycles. The Bertz CT molecular complexity index is 1010. The molecule has 3 aromatic heterocycles. The van der Waals surface area contributed by atoms with Crippen molar-refractivity contribution in [3.63, 3.8) is 0 Å². The zero-order chi connectivity index (χ0) is 17.5. The Morgan fingerprint density at radius 3 is 2.58 bits per heavy atom. The first-order chi connectivity index (χ1) is 11.3. The third kappa shape index (κ3) is 2.78. The number of pyridine rings is 2. The number of rotatable bonds is 4. The summed E-state index contributed by atoms with van der Waals surface area (Å²) in [6.07, 6.45) is 1.25. The molecule has 0 aliphatic heterocycles. The van der Waals surface area contributed by atoms with E-state index in [4.69, 9.17) is 4.74 Å². The summed E-state index contributed by atoms with van der Waals surface area (Å²) >= 11 is 0. The zero-order valence-corrected chi connectivity index (χ0v) is 14.5. The molecule has 1 N–H and O–H groups in total. The number of nitrogens with zero attached hydrogens (tertiary/aromatic N) is 4. The van der Waals surface area contributed by atoms with Gasteiger partial charge in [-0.05, 0) is 26.0 Å². The lowest BCUT2D eigenvalue weighted by Gasteiger charge is -2.10. The number of anilines is 1. The van der Waals surface area contributed by atoms with Gasteiger partial charge in [-0.15, -0.1) is 0 Å². The SMILES string of the molecule is COc1ccc(S(=O)(=O)Nc2cc3c(C)nn(C)c3nc2C)cn1. The van der Waals surface area contributed by atoms with Crippen LogP contribution < -0.4 is 9.46 Å². The van der Waals surface area contributed by atoms with Crippen molar-refractivity contribution in [1.29, 1.82) is 0 Å². The Hall–Kier alpha value is -2.68. The van der Waals surface area contributed by atoms with Crippen LogP contribution in [0.4, 0.5) is 5.69 Å². The normalized spacial score (nSPS) is 11.7. The maximum atomic E-state index is 12.5. The van der Waals surface area contributed by atoms with E-state index in [9.17, 15) is 8.42 Å². The minimum Gasteiger partial charge on any atom is -0.481 e. The van der Waals surface area contributed by atoms with Gasteiger partial charge in [0.2, 0.25) is 5.88 Å². The van der Waals surface area contributed by atoms with E-state index in [-0.39, 0.29) is 4.90 Å². The van der Waals surface area contributed by atoms with Gasteiger partial charge in [0, 0.05) is 18.5 Å². The van der Waals surface area contributed by atoms with Gasteiger partial charge in [0.15, 0.2) is 5.65 Å². The molecule has 0 aliphatic rings. The van der Waals surface area contributed by atoms with Crippen LogP contribution in [-0.4, -0.2) is 35.3 Å². The Balaban J connectivity index is 2.01. The van der Waals surface area contributed by atoms with Crippen LogP contribution in [0, 0.1) is 13.8 Å². The van der Waals surface area contributed by atoms with Crippen molar-refractivity contribution in [2.75, 3.05) is 11.8 Å². The zero-order valence-electron chi connectivity index (χ0n) is 13.7. The fourth-order valence-corrected chi connectivity index (χ4v) is 3.44. The number of aromatic nitrogens is 4. The average Bonchev–Trinajstić information content (AvgIpc) is 2.81. The topological polar surface area (TPSA) is 99.0 Å². The molecule has 9 heteroatoms. The van der Waals surface area contributed by atoms with E-state index >= 15 is 0 Å². The van der Waals surface area contributed by atoms with Crippen LogP contribution in [0.25, 0.3) is 11.0 Å². The molecule has 126 valence electrons. The van der Waals surface area contributed by atoms with Crippen LogP contribution in [0.2, 0.25) is 0 Å². The summed E-state index contributed by atoms with van der Waals surface area (Å²) in [6.45, 7) is 3.59. The highest BCUT2D eigenvalue weighted by molar-refractivity contribution is 7.92. The fourth-order valence-electron chi connectivity index (χ4n) is 2.39. The molecule has 0 atom stereocenters. The first-order valence-corrected chi connectivity index (χ1v) is 8.64. The molecule has 0 fully saturated rings. The Morgan fingerprint density at radius 2 is 1.96 bits per heavy atom. The third-order valence-corrected chi connectivity index (χ3v) is 5.01. The molecule has 0 radical (unpaired) electrons. The van der Waals surface area contributed by atoms with Gasteiger partial charge in [-0.1, -0.05) is 0 Å². The lowest BCUT2D eigenvalue weighted by Crippen LogP contribution is -2.14. The predicted molar refractivity (Wildman–Crippen MR) is 89.6 cm³/mol. The van der Waals surface area contributed by atoms with Crippen molar-refractivity contribution in [1.82, 2.24) is 19.7 Å². The second kappa shape index (κ2) is 5.75. The summed E-state index contributed by atoms with van der Waals surface area (Å²) in [5, 5.41) is 5.10. The molecule has 0 unspecified atom stereocenters. The van der Waals surface area contributed by atoms with E-state index in [2.05, 4.69) is 19.8 Å². The van der Waals surface area contributed by atoms with Gasteiger partial charge in [0.1, 0.15) is 4.90 Å². The molecule has 0 spiro atoms. The predicted octanol–water partition coefficient (Wildman–Crippen LogP) is 1.79. The maximum Gasteiger partial charge on any atom is 0.263 e. The number of fused-ring (bicyclic) bond motifs is 1. The number of nitrogens with one attached hydrogen (secondary N) is 1. The van der Waals surface area contributed by atoms with Crippen molar-refractivity contribution >= 4 is 26.7 Å². The molecule has 0 saturated carbocycles. The number of sulfonamides is 1. The number of ether oxygens (including phenoxy) is 1. The molecular weight excluding hydrogens is 330 g/mol. The maximum absolute atomic E-state index is 12.5. The summed E-state index contributed by atoms with van der Waals surface area (Å²) < 4.78 is 34.2. The number of aryl methyl sites for hydroxylation is 3. The van der Waals surface area contributed by atoms with Crippen molar-refractivity contribution in [2.24, 2.45) is 7.05 Å². The van der Waals surface area contributed by atoms with E-state index in [1.165, 1.54) is 25.4 Å². The smallest absolute Gasteiger partial charge is 0.263 e. The first-order valence-electron chi connectivity index (χ1n) is 7.15. The molecule has 0 bridgehead atoms. The largest absolute Gasteiger partial charge is 0.481 e. The summed E-state index contributed by atoms with van der Waals surface area (Å²) in [6, 6.07) is 4.67. The van der Waals surface area contributed by atoms with E-state index in [1.807, 2.05) is 6.92 Å². The highest BCUT2D eigenvalue weighted by atomic mass is 32.2. The number of methoxy groups -OCH3 is 1. The molecule has 3 rings (SSSR count). The van der Waals surface area contributed by atoms with Crippen LogP contribution in [-0.2, 0) is 17.1 Å². The first kappa shape index (κ1) is 16.2. The van der Waals surface area contributed by atoms with Crippen molar-refractivity contribution in [3.8, 4) is 5.88 Å². The lowest BCUT2D eigenvalue weighted by atomic mass is 10.2. The summed E-state index contributed by atoms with van der Waals surface area (Å²) in [5.74, 6) is 0.346.